The zero-order chi connectivity index (χ0) is 12.7. The van der Waals surface area contributed by atoms with E-state index in [-0.39, 0.29) is 17.9 Å². The number of nitrogen functional groups attached to an aromatic ring is 1. The van der Waals surface area contributed by atoms with E-state index in [0.717, 1.165) is 5.69 Å². The van der Waals surface area contributed by atoms with Crippen LogP contribution in [0.2, 0.25) is 0 Å². The summed E-state index contributed by atoms with van der Waals surface area (Å²) >= 11 is 0. The van der Waals surface area contributed by atoms with Crippen molar-refractivity contribution in [3.05, 3.63) is 24.0 Å². The molecule has 5 nitrogen and oxygen atoms in total. The number of rotatable bonds is 1. The van der Waals surface area contributed by atoms with Crippen molar-refractivity contribution in [2.75, 3.05) is 36.8 Å². The monoisotopic (exact) mass is 250 g/mol. The van der Waals surface area contributed by atoms with Gasteiger partial charge in [-0.1, -0.05) is 0 Å². The first-order valence-corrected chi connectivity index (χ1v) is 5.99. The van der Waals surface area contributed by atoms with Gasteiger partial charge in [0.25, 0.3) is 0 Å². The molecule has 1 unspecified atom stereocenters. The number of benzene rings is 1. The van der Waals surface area contributed by atoms with Crippen molar-refractivity contribution >= 4 is 17.4 Å². The molecule has 0 saturated carbocycles. The van der Waals surface area contributed by atoms with E-state index < -0.39 is 0 Å². The highest BCUT2D eigenvalue weighted by atomic mass is 19.1. The average Bonchev–Trinajstić information content (AvgIpc) is 2.69. The van der Waals surface area contributed by atoms with Crippen molar-refractivity contribution in [2.45, 2.75) is 6.04 Å². The van der Waals surface area contributed by atoms with Gasteiger partial charge in [-0.15, -0.1) is 0 Å². The van der Waals surface area contributed by atoms with E-state index in [1.165, 1.54) is 12.1 Å². The van der Waals surface area contributed by atoms with Gasteiger partial charge < -0.3 is 20.9 Å². The fourth-order valence-electron chi connectivity index (χ4n) is 2.62. The number of urea groups is 1. The number of hydrogen-bond acceptors (Lipinski definition) is 3. The summed E-state index contributed by atoms with van der Waals surface area (Å²) in [4.78, 5) is 15.4. The molecule has 6 heteroatoms. The molecule has 0 bridgehead atoms. The van der Waals surface area contributed by atoms with Crippen molar-refractivity contribution in [3.8, 4) is 0 Å². The third-order valence-corrected chi connectivity index (χ3v) is 3.50. The lowest BCUT2D eigenvalue weighted by atomic mass is 10.1. The van der Waals surface area contributed by atoms with Gasteiger partial charge >= 0.3 is 6.03 Å². The molecule has 2 saturated heterocycles. The second kappa shape index (κ2) is 4.04. The Kier molecular flexibility index (Phi) is 2.50. The average molecular weight is 250 g/mol. The number of amides is 2. The molecule has 2 fully saturated rings. The molecule has 1 aromatic carbocycles. The summed E-state index contributed by atoms with van der Waals surface area (Å²) in [7, 11) is 0. The number of carbonyl (C=O) groups is 1. The number of nitrogens with one attached hydrogen (secondary N) is 1. The van der Waals surface area contributed by atoms with E-state index in [1.807, 2.05) is 4.90 Å². The molecule has 96 valence electrons. The van der Waals surface area contributed by atoms with Crippen LogP contribution in [0.1, 0.15) is 0 Å². The number of hydrogen-bond donors (Lipinski definition) is 2. The predicted octanol–water partition coefficient (Wildman–Crippen LogP) is 0.622. The van der Waals surface area contributed by atoms with Crippen LogP contribution in [0.3, 0.4) is 0 Å². The zero-order valence-corrected chi connectivity index (χ0v) is 9.90. The molecule has 0 radical (unpaired) electrons. The van der Waals surface area contributed by atoms with Crippen LogP contribution in [0, 0.1) is 5.82 Å². The third kappa shape index (κ3) is 1.83. The van der Waals surface area contributed by atoms with E-state index in [0.29, 0.717) is 31.9 Å². The molecule has 3 rings (SSSR count). The van der Waals surface area contributed by atoms with Gasteiger partial charge in [0, 0.05) is 37.6 Å². The highest BCUT2D eigenvalue weighted by Gasteiger charge is 2.35. The molecule has 0 spiro atoms. The molecular weight excluding hydrogens is 235 g/mol. The maximum atomic E-state index is 13.3. The maximum absolute atomic E-state index is 13.3. The van der Waals surface area contributed by atoms with E-state index >= 15 is 0 Å². The van der Waals surface area contributed by atoms with Gasteiger partial charge in [0.1, 0.15) is 5.82 Å². The van der Waals surface area contributed by atoms with E-state index in [9.17, 15) is 9.18 Å². The SMILES string of the molecule is Nc1cc(F)cc(N2CCN3C(=O)NCC3C2)c1. The van der Waals surface area contributed by atoms with E-state index in [1.54, 1.807) is 6.07 Å². The summed E-state index contributed by atoms with van der Waals surface area (Å²) in [5.74, 6) is -0.326. The highest BCUT2D eigenvalue weighted by Crippen LogP contribution is 2.24. The minimum Gasteiger partial charge on any atom is -0.399 e. The van der Waals surface area contributed by atoms with E-state index in [2.05, 4.69) is 10.2 Å². The first-order valence-electron chi connectivity index (χ1n) is 5.99. The first-order chi connectivity index (χ1) is 8.63. The number of fused-ring (bicyclic) bond motifs is 1. The smallest absolute Gasteiger partial charge is 0.317 e. The Labute approximate surface area is 104 Å². The molecule has 1 aromatic rings. The first kappa shape index (κ1) is 11.1. The molecule has 1 atom stereocenters. The minimum absolute atomic E-state index is 0.00148. The topological polar surface area (TPSA) is 61.6 Å². The third-order valence-electron chi connectivity index (χ3n) is 3.50. The largest absolute Gasteiger partial charge is 0.399 e. The molecule has 0 aromatic heterocycles. The molecule has 2 heterocycles. The fraction of sp³-hybridized carbons (Fsp3) is 0.417. The Hall–Kier alpha value is -1.98. The van der Waals surface area contributed by atoms with Crippen LogP contribution in [0.4, 0.5) is 20.6 Å². The van der Waals surface area contributed by atoms with Crippen LogP contribution in [0.5, 0.6) is 0 Å². The number of carbonyl (C=O) groups excluding carboxylic acids is 1. The summed E-state index contributed by atoms with van der Waals surface area (Å²) in [5.41, 5.74) is 6.86. The summed E-state index contributed by atoms with van der Waals surface area (Å²) in [6, 6.07) is 4.72. The maximum Gasteiger partial charge on any atom is 0.317 e. The van der Waals surface area contributed by atoms with Gasteiger partial charge in [-0.3, -0.25) is 0 Å². The summed E-state index contributed by atoms with van der Waals surface area (Å²) in [5, 5.41) is 2.82. The fourth-order valence-corrected chi connectivity index (χ4v) is 2.62. The van der Waals surface area contributed by atoms with Gasteiger partial charge in [-0.05, 0) is 18.2 Å². The highest BCUT2D eigenvalue weighted by molar-refractivity contribution is 5.77. The van der Waals surface area contributed by atoms with Gasteiger partial charge in [0.15, 0.2) is 0 Å². The van der Waals surface area contributed by atoms with Gasteiger partial charge in [-0.2, -0.15) is 0 Å². The number of anilines is 2. The second-order valence-electron chi connectivity index (χ2n) is 4.72. The normalized spacial score (nSPS) is 22.9. The van der Waals surface area contributed by atoms with Crippen LogP contribution in [-0.2, 0) is 0 Å². The molecule has 3 N–H and O–H groups in total. The lowest BCUT2D eigenvalue weighted by Gasteiger charge is -2.37. The number of nitrogens with zero attached hydrogens (tertiary/aromatic N) is 2. The van der Waals surface area contributed by atoms with Crippen molar-refractivity contribution in [1.82, 2.24) is 10.2 Å². The number of piperazine rings is 1. The Morgan fingerprint density at radius 3 is 2.94 bits per heavy atom. The summed E-state index contributed by atoms with van der Waals surface area (Å²) < 4.78 is 13.3. The van der Waals surface area contributed by atoms with Crippen molar-refractivity contribution in [1.29, 1.82) is 0 Å². The standard InChI is InChI=1S/C12H15FN4O/c13-8-3-9(14)5-10(4-8)16-1-2-17-11(7-16)6-15-12(17)18/h3-5,11H,1-2,6-7,14H2,(H,15,18). The molecule has 2 aliphatic rings. The van der Waals surface area contributed by atoms with Crippen molar-refractivity contribution < 1.29 is 9.18 Å². The Morgan fingerprint density at radius 2 is 2.17 bits per heavy atom. The van der Waals surface area contributed by atoms with Crippen LogP contribution >= 0.6 is 0 Å². The number of nitrogens with two attached hydrogens (primary N) is 1. The Morgan fingerprint density at radius 1 is 1.33 bits per heavy atom. The summed E-state index contributed by atoms with van der Waals surface area (Å²) in [6.45, 7) is 2.72. The molecule has 0 aliphatic carbocycles. The lowest BCUT2D eigenvalue weighted by Crippen LogP contribution is -2.52. The van der Waals surface area contributed by atoms with Crippen LogP contribution in [-0.4, -0.2) is 43.2 Å². The van der Waals surface area contributed by atoms with Gasteiger partial charge in [0.2, 0.25) is 0 Å². The Balaban J connectivity index is 1.80. The molecule has 18 heavy (non-hydrogen) atoms. The van der Waals surface area contributed by atoms with Gasteiger partial charge in [-0.25, -0.2) is 9.18 Å². The molecular formula is C12H15FN4O. The van der Waals surface area contributed by atoms with Crippen LogP contribution in [0.15, 0.2) is 18.2 Å². The van der Waals surface area contributed by atoms with Crippen molar-refractivity contribution in [3.63, 3.8) is 0 Å². The van der Waals surface area contributed by atoms with Crippen molar-refractivity contribution in [2.24, 2.45) is 0 Å². The van der Waals surface area contributed by atoms with Gasteiger partial charge in [0.05, 0.1) is 6.04 Å². The molecule has 2 amide bonds. The quantitative estimate of drug-likeness (QED) is 0.718. The number of halogens is 1. The van der Waals surface area contributed by atoms with Crippen LogP contribution in [0.25, 0.3) is 0 Å². The predicted molar refractivity (Wildman–Crippen MR) is 66.9 cm³/mol. The second-order valence-corrected chi connectivity index (χ2v) is 4.72. The molecule has 2 aliphatic heterocycles. The van der Waals surface area contributed by atoms with E-state index in [4.69, 9.17) is 5.73 Å². The lowest BCUT2D eigenvalue weighted by molar-refractivity contribution is 0.197. The Bertz CT molecular complexity index is 473. The zero-order valence-electron chi connectivity index (χ0n) is 9.90. The summed E-state index contributed by atoms with van der Waals surface area (Å²) in [6.07, 6.45) is 0. The minimum atomic E-state index is -0.326. The van der Waals surface area contributed by atoms with Crippen LogP contribution < -0.4 is 16.0 Å².